The molecule has 1 rings (SSSR count). The van der Waals surface area contributed by atoms with Crippen molar-refractivity contribution in [1.82, 2.24) is 9.88 Å². The fraction of sp³-hybridized carbons (Fsp3) is 0.500. The van der Waals surface area contributed by atoms with Crippen LogP contribution < -0.4 is 5.32 Å². The van der Waals surface area contributed by atoms with Gasteiger partial charge < -0.3 is 15.3 Å². The van der Waals surface area contributed by atoms with Crippen molar-refractivity contribution in [3.63, 3.8) is 0 Å². The maximum atomic E-state index is 10.9. The third-order valence-electron chi connectivity index (χ3n) is 2.44. The Morgan fingerprint density at radius 3 is 2.78 bits per heavy atom. The molecule has 5 nitrogen and oxygen atoms in total. The highest BCUT2D eigenvalue weighted by molar-refractivity contribution is 6.29. The van der Waals surface area contributed by atoms with E-state index in [1.807, 2.05) is 21.0 Å². The van der Waals surface area contributed by atoms with Gasteiger partial charge in [-0.1, -0.05) is 11.6 Å². The smallest absolute Gasteiger partial charge is 0.335 e. The minimum Gasteiger partial charge on any atom is -0.478 e. The van der Waals surface area contributed by atoms with E-state index < -0.39 is 5.97 Å². The van der Waals surface area contributed by atoms with Crippen LogP contribution in [0.1, 0.15) is 23.7 Å². The summed E-state index contributed by atoms with van der Waals surface area (Å²) >= 11 is 5.78. The van der Waals surface area contributed by atoms with Crippen LogP contribution in [0.2, 0.25) is 5.15 Å². The number of halogens is 1. The molecular formula is C12H18ClN3O2. The molecular weight excluding hydrogens is 254 g/mol. The van der Waals surface area contributed by atoms with E-state index in [1.165, 1.54) is 12.1 Å². The Morgan fingerprint density at radius 1 is 1.56 bits per heavy atom. The molecule has 1 aromatic heterocycles. The predicted octanol–water partition coefficient (Wildman–Crippen LogP) is 2.19. The van der Waals surface area contributed by atoms with Crippen molar-refractivity contribution < 1.29 is 9.90 Å². The number of hydrogen-bond donors (Lipinski definition) is 2. The summed E-state index contributed by atoms with van der Waals surface area (Å²) in [6, 6.07) is 3.01. The van der Waals surface area contributed by atoms with E-state index in [-0.39, 0.29) is 16.8 Å². The van der Waals surface area contributed by atoms with Gasteiger partial charge in [0, 0.05) is 6.04 Å². The Kier molecular flexibility index (Phi) is 5.37. The predicted molar refractivity (Wildman–Crippen MR) is 72.5 cm³/mol. The molecule has 1 heterocycles. The van der Waals surface area contributed by atoms with Gasteiger partial charge in [0.15, 0.2) is 0 Å². The number of nitrogens with zero attached hydrogens (tertiary/aromatic N) is 2. The molecule has 0 radical (unpaired) electrons. The molecule has 2 N–H and O–H groups in total. The molecule has 0 bridgehead atoms. The quantitative estimate of drug-likeness (QED) is 0.777. The number of aromatic nitrogens is 1. The van der Waals surface area contributed by atoms with E-state index in [0.29, 0.717) is 5.82 Å². The number of hydrogen-bond acceptors (Lipinski definition) is 4. The minimum atomic E-state index is -1.01. The lowest BCUT2D eigenvalue weighted by Gasteiger charge is -2.17. The molecule has 0 aliphatic carbocycles. The zero-order chi connectivity index (χ0) is 13.7. The lowest BCUT2D eigenvalue weighted by Crippen LogP contribution is -2.23. The number of nitrogens with one attached hydrogen (secondary N) is 1. The molecule has 0 saturated heterocycles. The first kappa shape index (κ1) is 14.7. The van der Waals surface area contributed by atoms with E-state index in [1.54, 1.807) is 0 Å². The SMILES string of the molecule is CC(CCN(C)C)Nc1cc(C(=O)O)cc(Cl)n1. The lowest BCUT2D eigenvalue weighted by atomic mass is 10.2. The summed E-state index contributed by atoms with van der Waals surface area (Å²) in [5.74, 6) is -0.519. The average molecular weight is 272 g/mol. The summed E-state index contributed by atoms with van der Waals surface area (Å²) in [5, 5.41) is 12.2. The van der Waals surface area contributed by atoms with E-state index in [0.717, 1.165) is 13.0 Å². The van der Waals surface area contributed by atoms with Gasteiger partial charge in [-0.2, -0.15) is 0 Å². The van der Waals surface area contributed by atoms with Gasteiger partial charge in [0.25, 0.3) is 0 Å². The normalized spacial score (nSPS) is 12.5. The first-order chi connectivity index (χ1) is 8.38. The number of carbonyl (C=O) groups is 1. The number of aromatic carboxylic acids is 1. The number of carboxylic acid groups (broad SMARTS) is 1. The largest absolute Gasteiger partial charge is 0.478 e. The van der Waals surface area contributed by atoms with Crippen LogP contribution in [0.15, 0.2) is 12.1 Å². The highest BCUT2D eigenvalue weighted by atomic mass is 35.5. The van der Waals surface area contributed by atoms with Crippen LogP contribution in [-0.2, 0) is 0 Å². The topological polar surface area (TPSA) is 65.5 Å². The van der Waals surface area contributed by atoms with Crippen molar-refractivity contribution in [1.29, 1.82) is 0 Å². The summed E-state index contributed by atoms with van der Waals surface area (Å²) in [5.41, 5.74) is 0.136. The second-order valence-electron chi connectivity index (χ2n) is 4.51. The highest BCUT2D eigenvalue weighted by Crippen LogP contribution is 2.15. The Labute approximate surface area is 112 Å². The van der Waals surface area contributed by atoms with Crippen LogP contribution in [0.3, 0.4) is 0 Å². The Bertz CT molecular complexity index is 424. The third-order valence-corrected chi connectivity index (χ3v) is 2.64. The van der Waals surface area contributed by atoms with Gasteiger partial charge in [-0.25, -0.2) is 9.78 Å². The van der Waals surface area contributed by atoms with E-state index in [2.05, 4.69) is 15.2 Å². The Balaban J connectivity index is 2.69. The summed E-state index contributed by atoms with van der Waals surface area (Å²) in [6.07, 6.45) is 0.934. The van der Waals surface area contributed by atoms with Gasteiger partial charge >= 0.3 is 5.97 Å². The first-order valence-corrected chi connectivity index (χ1v) is 6.08. The molecule has 1 atom stereocenters. The second-order valence-corrected chi connectivity index (χ2v) is 4.89. The van der Waals surface area contributed by atoms with Crippen LogP contribution >= 0.6 is 11.6 Å². The van der Waals surface area contributed by atoms with Crippen molar-refractivity contribution >= 4 is 23.4 Å². The maximum absolute atomic E-state index is 10.9. The van der Waals surface area contributed by atoms with Crippen LogP contribution in [-0.4, -0.2) is 47.6 Å². The Hall–Kier alpha value is -1.33. The zero-order valence-corrected chi connectivity index (χ0v) is 11.5. The summed E-state index contributed by atoms with van der Waals surface area (Å²) < 4.78 is 0. The van der Waals surface area contributed by atoms with Gasteiger partial charge in [0.05, 0.1) is 5.56 Å². The lowest BCUT2D eigenvalue weighted by molar-refractivity contribution is 0.0697. The maximum Gasteiger partial charge on any atom is 0.335 e. The highest BCUT2D eigenvalue weighted by Gasteiger charge is 2.09. The van der Waals surface area contributed by atoms with Gasteiger partial charge in [0.1, 0.15) is 11.0 Å². The molecule has 1 unspecified atom stereocenters. The molecule has 100 valence electrons. The minimum absolute atomic E-state index is 0.136. The van der Waals surface area contributed by atoms with Crippen molar-refractivity contribution in [2.45, 2.75) is 19.4 Å². The molecule has 0 aromatic carbocycles. The molecule has 0 aliphatic rings. The third kappa shape index (κ3) is 4.89. The van der Waals surface area contributed by atoms with E-state index in [9.17, 15) is 4.79 Å². The fourth-order valence-corrected chi connectivity index (χ4v) is 1.68. The molecule has 0 aliphatic heterocycles. The fourth-order valence-electron chi connectivity index (χ4n) is 1.47. The van der Waals surface area contributed by atoms with Crippen LogP contribution in [0, 0.1) is 0 Å². The molecule has 6 heteroatoms. The van der Waals surface area contributed by atoms with Gasteiger partial charge in [-0.05, 0) is 46.1 Å². The summed E-state index contributed by atoms with van der Waals surface area (Å²) in [4.78, 5) is 17.0. The van der Waals surface area contributed by atoms with Crippen molar-refractivity contribution in [3.05, 3.63) is 22.8 Å². The number of pyridine rings is 1. The van der Waals surface area contributed by atoms with Gasteiger partial charge in [-0.15, -0.1) is 0 Å². The Morgan fingerprint density at radius 2 is 2.22 bits per heavy atom. The van der Waals surface area contributed by atoms with Gasteiger partial charge in [0.2, 0.25) is 0 Å². The van der Waals surface area contributed by atoms with Crippen molar-refractivity contribution in [2.24, 2.45) is 0 Å². The van der Waals surface area contributed by atoms with Crippen molar-refractivity contribution in [2.75, 3.05) is 26.0 Å². The molecule has 0 amide bonds. The van der Waals surface area contributed by atoms with Crippen LogP contribution in [0.5, 0.6) is 0 Å². The van der Waals surface area contributed by atoms with E-state index in [4.69, 9.17) is 16.7 Å². The molecule has 0 fully saturated rings. The van der Waals surface area contributed by atoms with Gasteiger partial charge in [-0.3, -0.25) is 0 Å². The standard InChI is InChI=1S/C12H18ClN3O2/c1-8(4-5-16(2)3)14-11-7-9(12(17)18)6-10(13)15-11/h6-8H,4-5H2,1-3H3,(H,14,15)(H,17,18). The molecule has 0 saturated carbocycles. The molecule has 0 spiro atoms. The monoisotopic (exact) mass is 271 g/mol. The number of rotatable bonds is 6. The molecule has 1 aromatic rings. The average Bonchev–Trinajstić information content (AvgIpc) is 2.25. The number of anilines is 1. The first-order valence-electron chi connectivity index (χ1n) is 5.70. The van der Waals surface area contributed by atoms with Crippen LogP contribution in [0.4, 0.5) is 5.82 Å². The zero-order valence-electron chi connectivity index (χ0n) is 10.8. The van der Waals surface area contributed by atoms with Crippen molar-refractivity contribution in [3.8, 4) is 0 Å². The summed E-state index contributed by atoms with van der Waals surface area (Å²) in [6.45, 7) is 2.97. The van der Waals surface area contributed by atoms with E-state index >= 15 is 0 Å². The number of carboxylic acids is 1. The second kappa shape index (κ2) is 6.56. The molecule has 18 heavy (non-hydrogen) atoms. The summed E-state index contributed by atoms with van der Waals surface area (Å²) in [7, 11) is 4.01. The van der Waals surface area contributed by atoms with Crippen LogP contribution in [0.25, 0.3) is 0 Å².